The minimum Gasteiger partial charge on any atom is -0.493 e. The van der Waals surface area contributed by atoms with Crippen LogP contribution in [0.3, 0.4) is 0 Å². The van der Waals surface area contributed by atoms with Gasteiger partial charge in [-0.05, 0) is 67.4 Å². The first-order valence-electron chi connectivity index (χ1n) is 10.1. The first-order valence-corrected chi connectivity index (χ1v) is 10.1. The van der Waals surface area contributed by atoms with Gasteiger partial charge in [0.1, 0.15) is 5.75 Å². The second-order valence-corrected chi connectivity index (χ2v) is 7.87. The molecule has 1 saturated heterocycles. The maximum Gasteiger partial charge on any atom is 0.416 e. The molecule has 0 amide bonds. The fourth-order valence-electron chi connectivity index (χ4n) is 3.97. The van der Waals surface area contributed by atoms with E-state index in [1.165, 1.54) is 17.7 Å². The van der Waals surface area contributed by atoms with Crippen LogP contribution >= 0.6 is 0 Å². The number of likely N-dealkylation sites (tertiary alicyclic amines) is 1. The predicted octanol–water partition coefficient (Wildman–Crippen LogP) is 5.28. The van der Waals surface area contributed by atoms with Crippen molar-refractivity contribution < 1.29 is 17.9 Å². The van der Waals surface area contributed by atoms with Crippen LogP contribution in [0.1, 0.15) is 30.4 Å². The third-order valence-electron chi connectivity index (χ3n) is 5.75. The molecule has 2 aromatic rings. The molecule has 0 saturated carbocycles. The first kappa shape index (κ1) is 21.5. The van der Waals surface area contributed by atoms with E-state index in [0.29, 0.717) is 18.3 Å². The van der Waals surface area contributed by atoms with Crippen molar-refractivity contribution in [2.24, 2.45) is 5.92 Å². The van der Waals surface area contributed by atoms with E-state index in [4.69, 9.17) is 4.74 Å². The third kappa shape index (κ3) is 5.44. The van der Waals surface area contributed by atoms with Gasteiger partial charge in [0, 0.05) is 32.2 Å². The summed E-state index contributed by atoms with van der Waals surface area (Å²) in [5.41, 5.74) is 1.81. The molecule has 0 bridgehead atoms. The minimum atomic E-state index is -4.33. The number of nitrogens with zero attached hydrogens (tertiary/aromatic N) is 2. The van der Waals surface area contributed by atoms with E-state index in [-0.39, 0.29) is 5.92 Å². The molecule has 0 radical (unpaired) electrons. The molecule has 3 nitrogen and oxygen atoms in total. The topological polar surface area (TPSA) is 15.7 Å². The molecule has 0 N–H and O–H groups in total. The Bertz CT molecular complexity index is 772. The molecule has 6 heteroatoms. The first-order chi connectivity index (χ1) is 13.8. The molecule has 2 unspecified atom stereocenters. The van der Waals surface area contributed by atoms with Crippen molar-refractivity contribution in [3.8, 4) is 5.75 Å². The number of anilines is 1. The van der Waals surface area contributed by atoms with E-state index < -0.39 is 11.7 Å². The second kappa shape index (κ2) is 9.08. The van der Waals surface area contributed by atoms with Crippen LogP contribution in [0.15, 0.2) is 48.5 Å². The number of benzene rings is 2. The average molecular weight is 406 g/mol. The van der Waals surface area contributed by atoms with E-state index >= 15 is 0 Å². The average Bonchev–Trinajstić information content (AvgIpc) is 2.71. The number of hydrogen-bond acceptors (Lipinski definition) is 3. The number of hydrogen-bond donors (Lipinski definition) is 0. The molecule has 0 spiro atoms. The maximum atomic E-state index is 12.7. The number of ether oxygens (including phenoxy) is 1. The van der Waals surface area contributed by atoms with Crippen LogP contribution in [-0.4, -0.2) is 45.2 Å². The highest BCUT2D eigenvalue weighted by Gasteiger charge is 2.31. The smallest absolute Gasteiger partial charge is 0.416 e. The summed E-state index contributed by atoms with van der Waals surface area (Å²) in [4.78, 5) is 4.49. The summed E-state index contributed by atoms with van der Waals surface area (Å²) < 4.78 is 44.2. The number of rotatable bonds is 6. The lowest BCUT2D eigenvalue weighted by atomic mass is 9.80. The highest BCUT2D eigenvalue weighted by molar-refractivity contribution is 5.46. The zero-order chi connectivity index (χ0) is 21.0. The van der Waals surface area contributed by atoms with Gasteiger partial charge in [0.05, 0.1) is 12.2 Å². The van der Waals surface area contributed by atoms with E-state index in [1.807, 2.05) is 14.1 Å². The fourth-order valence-corrected chi connectivity index (χ4v) is 3.97. The third-order valence-corrected chi connectivity index (χ3v) is 5.75. The largest absolute Gasteiger partial charge is 0.493 e. The lowest BCUT2D eigenvalue weighted by Gasteiger charge is -2.38. The SMILES string of the molecule is CCN1CCC(c2ccc(N(C)C)cc2)C(COc2ccc(C(F)(F)F)cc2)C1. The molecule has 1 aliphatic heterocycles. The Balaban J connectivity index is 1.70. The summed E-state index contributed by atoms with van der Waals surface area (Å²) in [6.45, 7) is 5.61. The van der Waals surface area contributed by atoms with Crippen LogP contribution in [0.4, 0.5) is 18.9 Å². The van der Waals surface area contributed by atoms with Crippen molar-refractivity contribution in [3.05, 3.63) is 59.7 Å². The van der Waals surface area contributed by atoms with Crippen molar-refractivity contribution >= 4 is 5.69 Å². The molecule has 1 aliphatic rings. The second-order valence-electron chi connectivity index (χ2n) is 7.87. The van der Waals surface area contributed by atoms with Gasteiger partial charge >= 0.3 is 6.18 Å². The van der Waals surface area contributed by atoms with Gasteiger partial charge in [0.15, 0.2) is 0 Å². The van der Waals surface area contributed by atoms with Gasteiger partial charge < -0.3 is 14.5 Å². The van der Waals surface area contributed by atoms with Crippen molar-refractivity contribution in [1.29, 1.82) is 0 Å². The predicted molar refractivity (Wildman–Crippen MR) is 111 cm³/mol. The molecule has 158 valence electrons. The highest BCUT2D eigenvalue weighted by atomic mass is 19.4. The summed E-state index contributed by atoms with van der Waals surface area (Å²) in [5.74, 6) is 1.15. The van der Waals surface area contributed by atoms with Crippen molar-refractivity contribution in [1.82, 2.24) is 4.90 Å². The maximum absolute atomic E-state index is 12.7. The molecule has 1 fully saturated rings. The molecular formula is C23H29F3N2O. The lowest BCUT2D eigenvalue weighted by molar-refractivity contribution is -0.137. The van der Waals surface area contributed by atoms with Gasteiger partial charge in [-0.1, -0.05) is 19.1 Å². The summed E-state index contributed by atoms with van der Waals surface area (Å²) in [6.07, 6.45) is -3.27. The van der Waals surface area contributed by atoms with Gasteiger partial charge in [0.25, 0.3) is 0 Å². The van der Waals surface area contributed by atoms with Gasteiger partial charge in [-0.25, -0.2) is 0 Å². The summed E-state index contributed by atoms with van der Waals surface area (Å²) in [5, 5.41) is 0. The van der Waals surface area contributed by atoms with Crippen molar-refractivity contribution in [2.75, 3.05) is 45.2 Å². The molecular weight excluding hydrogens is 377 g/mol. The fraction of sp³-hybridized carbons (Fsp3) is 0.478. The Hall–Kier alpha value is -2.21. The van der Waals surface area contributed by atoms with E-state index in [1.54, 1.807) is 0 Å². The Morgan fingerprint density at radius 2 is 1.69 bits per heavy atom. The highest BCUT2D eigenvalue weighted by Crippen LogP contribution is 2.35. The van der Waals surface area contributed by atoms with Crippen LogP contribution in [0.5, 0.6) is 5.75 Å². The number of alkyl halides is 3. The molecule has 3 rings (SSSR count). The Morgan fingerprint density at radius 1 is 1.03 bits per heavy atom. The van der Waals surface area contributed by atoms with Crippen LogP contribution in [0, 0.1) is 5.92 Å². The normalized spacial score (nSPS) is 20.5. The number of halogens is 3. The monoisotopic (exact) mass is 406 g/mol. The van der Waals surface area contributed by atoms with Crippen molar-refractivity contribution in [2.45, 2.75) is 25.4 Å². The lowest BCUT2D eigenvalue weighted by Crippen LogP contribution is -2.41. The minimum absolute atomic E-state index is 0.288. The Morgan fingerprint density at radius 3 is 2.24 bits per heavy atom. The molecule has 0 aromatic heterocycles. The van der Waals surface area contributed by atoms with Crippen LogP contribution in [-0.2, 0) is 6.18 Å². The zero-order valence-corrected chi connectivity index (χ0v) is 17.2. The zero-order valence-electron chi connectivity index (χ0n) is 17.2. The van der Waals surface area contributed by atoms with Gasteiger partial charge in [-0.2, -0.15) is 13.2 Å². The summed E-state index contributed by atoms with van der Waals surface area (Å²) in [7, 11) is 4.05. The standard InChI is InChI=1S/C23H29F3N2O/c1-4-28-14-13-22(17-5-9-20(10-6-17)27(2)3)18(15-28)16-29-21-11-7-19(8-12-21)23(24,25)26/h5-12,18,22H,4,13-16H2,1-3H3. The van der Waals surface area contributed by atoms with Gasteiger partial charge in [0.2, 0.25) is 0 Å². The molecule has 0 aliphatic carbocycles. The Kier molecular flexibility index (Phi) is 6.73. The molecule has 1 heterocycles. The van der Waals surface area contributed by atoms with E-state index in [2.05, 4.69) is 41.0 Å². The van der Waals surface area contributed by atoms with Crippen LogP contribution < -0.4 is 9.64 Å². The van der Waals surface area contributed by atoms with E-state index in [9.17, 15) is 13.2 Å². The quantitative estimate of drug-likeness (QED) is 0.650. The van der Waals surface area contributed by atoms with Gasteiger partial charge in [-0.15, -0.1) is 0 Å². The van der Waals surface area contributed by atoms with Crippen LogP contribution in [0.2, 0.25) is 0 Å². The van der Waals surface area contributed by atoms with E-state index in [0.717, 1.165) is 43.9 Å². The molecule has 29 heavy (non-hydrogen) atoms. The molecule has 2 atom stereocenters. The summed E-state index contributed by atoms with van der Waals surface area (Å²) in [6, 6.07) is 13.6. The van der Waals surface area contributed by atoms with Gasteiger partial charge in [-0.3, -0.25) is 0 Å². The Labute approximate surface area is 171 Å². The molecule has 2 aromatic carbocycles. The van der Waals surface area contributed by atoms with Crippen LogP contribution in [0.25, 0.3) is 0 Å². The van der Waals surface area contributed by atoms with Crippen molar-refractivity contribution in [3.63, 3.8) is 0 Å². The number of piperidine rings is 1. The summed E-state index contributed by atoms with van der Waals surface area (Å²) >= 11 is 0.